The zero-order valence-electron chi connectivity index (χ0n) is 13.7. The maximum absolute atomic E-state index is 12.6. The van der Waals surface area contributed by atoms with Crippen LogP contribution in [0.5, 0.6) is 0 Å². The first-order valence-electron chi connectivity index (χ1n) is 8.12. The minimum absolute atomic E-state index is 0.519. The van der Waals surface area contributed by atoms with Crippen LogP contribution in [-0.2, 0) is 25.7 Å². The van der Waals surface area contributed by atoms with Crippen LogP contribution in [0, 0.1) is 0 Å². The number of hydrogen-bond acceptors (Lipinski definition) is 5. The summed E-state index contributed by atoms with van der Waals surface area (Å²) < 4.78 is 43.1. The molecular weight excluding hydrogens is 345 g/mol. The van der Waals surface area contributed by atoms with E-state index in [0.29, 0.717) is 24.7 Å². The Bertz CT molecular complexity index is 892. The van der Waals surface area contributed by atoms with E-state index in [9.17, 15) is 13.2 Å². The molecule has 0 N–H and O–H groups in total. The fraction of sp³-hybridized carbons (Fsp3) is 0.278. The summed E-state index contributed by atoms with van der Waals surface area (Å²) in [6.07, 6.45) is 1.05. The van der Waals surface area contributed by atoms with Crippen molar-refractivity contribution in [2.24, 2.45) is 0 Å². The van der Waals surface area contributed by atoms with Crippen LogP contribution in [0.1, 0.15) is 22.5 Å². The number of pyridine rings is 1. The van der Waals surface area contributed by atoms with Crippen molar-refractivity contribution in [3.8, 4) is 11.6 Å². The third kappa shape index (κ3) is 3.45. The molecule has 4 heterocycles. The Balaban J connectivity index is 1.48. The molecule has 3 aromatic heterocycles. The minimum atomic E-state index is -4.41. The summed E-state index contributed by atoms with van der Waals surface area (Å²) in [5.41, 5.74) is 1.86. The highest BCUT2D eigenvalue weighted by Crippen LogP contribution is 2.27. The highest BCUT2D eigenvalue weighted by molar-refractivity contribution is 5.46. The Morgan fingerprint density at radius 1 is 1.12 bits per heavy atom. The lowest BCUT2D eigenvalue weighted by Crippen LogP contribution is -2.31. The zero-order chi connectivity index (χ0) is 18.1. The largest absolute Gasteiger partial charge is 0.461 e. The molecule has 0 aliphatic carbocycles. The van der Waals surface area contributed by atoms with Gasteiger partial charge in [0.2, 0.25) is 0 Å². The van der Waals surface area contributed by atoms with Crippen LogP contribution in [0.2, 0.25) is 0 Å². The average molecular weight is 360 g/mol. The molecule has 0 bridgehead atoms. The van der Waals surface area contributed by atoms with Gasteiger partial charge in [0.15, 0.2) is 11.6 Å². The lowest BCUT2D eigenvalue weighted by atomic mass is 10.1. The molecule has 0 saturated heterocycles. The third-order valence-electron chi connectivity index (χ3n) is 4.29. The van der Waals surface area contributed by atoms with E-state index >= 15 is 0 Å². The van der Waals surface area contributed by atoms with E-state index in [1.54, 1.807) is 18.4 Å². The second-order valence-corrected chi connectivity index (χ2v) is 6.15. The fourth-order valence-electron chi connectivity index (χ4n) is 2.96. The van der Waals surface area contributed by atoms with Gasteiger partial charge >= 0.3 is 6.18 Å². The Morgan fingerprint density at radius 2 is 2.00 bits per heavy atom. The van der Waals surface area contributed by atoms with Gasteiger partial charge in [-0.1, -0.05) is 6.07 Å². The van der Waals surface area contributed by atoms with E-state index in [0.717, 1.165) is 35.9 Å². The van der Waals surface area contributed by atoms with Crippen LogP contribution in [0.3, 0.4) is 0 Å². The average Bonchev–Trinajstić information content (AvgIpc) is 3.15. The Labute approximate surface area is 147 Å². The molecule has 1 aliphatic heterocycles. The van der Waals surface area contributed by atoms with Gasteiger partial charge in [0, 0.05) is 32.0 Å². The minimum Gasteiger partial charge on any atom is -0.461 e. The van der Waals surface area contributed by atoms with E-state index in [-0.39, 0.29) is 0 Å². The summed E-state index contributed by atoms with van der Waals surface area (Å²) in [6, 6.07) is 6.07. The quantitative estimate of drug-likeness (QED) is 0.713. The summed E-state index contributed by atoms with van der Waals surface area (Å²) in [6.45, 7) is 1.91. The number of nitrogens with zero attached hydrogens (tertiary/aromatic N) is 4. The molecule has 26 heavy (non-hydrogen) atoms. The topological polar surface area (TPSA) is 55.1 Å². The molecule has 0 aromatic carbocycles. The molecule has 1 aliphatic rings. The van der Waals surface area contributed by atoms with E-state index in [1.807, 2.05) is 6.20 Å². The second-order valence-electron chi connectivity index (χ2n) is 6.15. The maximum Gasteiger partial charge on any atom is 0.433 e. The number of aromatic nitrogens is 3. The van der Waals surface area contributed by atoms with Gasteiger partial charge in [0.05, 0.1) is 12.0 Å². The number of rotatable bonds is 3. The molecule has 134 valence electrons. The summed E-state index contributed by atoms with van der Waals surface area (Å²) >= 11 is 0. The molecular formula is C18H15F3N4O. The normalized spacial score (nSPS) is 15.0. The molecule has 5 nitrogen and oxygen atoms in total. The molecule has 0 spiro atoms. The zero-order valence-corrected chi connectivity index (χ0v) is 13.7. The van der Waals surface area contributed by atoms with E-state index in [1.165, 1.54) is 12.3 Å². The first kappa shape index (κ1) is 16.7. The third-order valence-corrected chi connectivity index (χ3v) is 4.29. The molecule has 0 atom stereocenters. The van der Waals surface area contributed by atoms with Crippen molar-refractivity contribution >= 4 is 0 Å². The lowest BCUT2D eigenvalue weighted by Gasteiger charge is -2.27. The predicted octanol–water partition coefficient (Wildman–Crippen LogP) is 3.71. The fourth-order valence-corrected chi connectivity index (χ4v) is 2.96. The van der Waals surface area contributed by atoms with Crippen molar-refractivity contribution in [2.45, 2.75) is 25.7 Å². The van der Waals surface area contributed by atoms with Crippen LogP contribution >= 0.6 is 0 Å². The molecule has 0 amide bonds. The number of alkyl halides is 3. The second kappa shape index (κ2) is 6.53. The van der Waals surface area contributed by atoms with Gasteiger partial charge in [-0.05, 0) is 35.7 Å². The monoisotopic (exact) mass is 360 g/mol. The Kier molecular flexibility index (Phi) is 4.20. The molecule has 0 saturated carbocycles. The van der Waals surface area contributed by atoms with Crippen LogP contribution in [0.25, 0.3) is 11.6 Å². The van der Waals surface area contributed by atoms with Gasteiger partial charge < -0.3 is 4.42 Å². The van der Waals surface area contributed by atoms with Crippen LogP contribution in [0.4, 0.5) is 13.2 Å². The van der Waals surface area contributed by atoms with Crippen LogP contribution in [0.15, 0.2) is 47.3 Å². The number of hydrogen-bond donors (Lipinski definition) is 0. The van der Waals surface area contributed by atoms with Crippen molar-refractivity contribution < 1.29 is 17.6 Å². The lowest BCUT2D eigenvalue weighted by molar-refractivity contribution is -0.141. The molecule has 8 heteroatoms. The van der Waals surface area contributed by atoms with Gasteiger partial charge in [-0.2, -0.15) is 13.2 Å². The Hall–Kier alpha value is -2.74. The van der Waals surface area contributed by atoms with Crippen molar-refractivity contribution in [3.05, 3.63) is 65.4 Å². The van der Waals surface area contributed by atoms with E-state index < -0.39 is 11.9 Å². The maximum atomic E-state index is 12.6. The van der Waals surface area contributed by atoms with E-state index in [2.05, 4.69) is 19.9 Å². The highest BCUT2D eigenvalue weighted by atomic mass is 19.4. The van der Waals surface area contributed by atoms with E-state index in [4.69, 9.17) is 4.42 Å². The van der Waals surface area contributed by atoms with Gasteiger partial charge in [0.1, 0.15) is 5.69 Å². The molecule has 4 rings (SSSR count). The van der Waals surface area contributed by atoms with Crippen LogP contribution in [-0.4, -0.2) is 26.4 Å². The number of furan rings is 1. The standard InChI is InChI=1S/C18H15F3N4O/c19-18(20,21)16-4-3-12(8-22-16)10-25-6-5-13-9-23-17(24-14(13)11-25)15-2-1-7-26-15/h1-4,7-9H,5-6,10-11H2. The van der Waals surface area contributed by atoms with Gasteiger partial charge in [0.25, 0.3) is 0 Å². The number of fused-ring (bicyclic) bond motifs is 1. The van der Waals surface area contributed by atoms with Crippen LogP contribution < -0.4 is 0 Å². The summed E-state index contributed by atoms with van der Waals surface area (Å²) in [5.74, 6) is 1.14. The molecule has 0 radical (unpaired) electrons. The van der Waals surface area contributed by atoms with Crippen molar-refractivity contribution in [1.29, 1.82) is 0 Å². The predicted molar refractivity (Wildman–Crippen MR) is 86.8 cm³/mol. The first-order valence-corrected chi connectivity index (χ1v) is 8.12. The van der Waals surface area contributed by atoms with Crippen molar-refractivity contribution in [2.75, 3.05) is 6.54 Å². The van der Waals surface area contributed by atoms with Crippen molar-refractivity contribution in [1.82, 2.24) is 19.9 Å². The first-order chi connectivity index (χ1) is 12.5. The summed E-state index contributed by atoms with van der Waals surface area (Å²) in [7, 11) is 0. The Morgan fingerprint density at radius 3 is 2.69 bits per heavy atom. The summed E-state index contributed by atoms with van der Waals surface area (Å²) in [4.78, 5) is 14.6. The molecule has 0 unspecified atom stereocenters. The smallest absolute Gasteiger partial charge is 0.433 e. The molecule has 0 fully saturated rings. The SMILES string of the molecule is FC(F)(F)c1ccc(CN2CCc3cnc(-c4ccco4)nc3C2)cn1. The number of halogens is 3. The molecule has 3 aromatic rings. The van der Waals surface area contributed by atoms with Gasteiger partial charge in [-0.25, -0.2) is 9.97 Å². The van der Waals surface area contributed by atoms with Gasteiger partial charge in [-0.3, -0.25) is 9.88 Å². The van der Waals surface area contributed by atoms with Crippen molar-refractivity contribution in [3.63, 3.8) is 0 Å². The highest BCUT2D eigenvalue weighted by Gasteiger charge is 2.32. The van der Waals surface area contributed by atoms with Gasteiger partial charge in [-0.15, -0.1) is 0 Å². The summed E-state index contributed by atoms with van der Waals surface area (Å²) in [5, 5.41) is 0.